The predicted molar refractivity (Wildman–Crippen MR) is 81.3 cm³/mol. The number of rotatable bonds is 2. The number of nitrogen functional groups attached to an aromatic ring is 1. The predicted octanol–water partition coefficient (Wildman–Crippen LogP) is 4.61. The molecule has 1 aliphatic rings. The van der Waals surface area contributed by atoms with E-state index in [1.54, 1.807) is 0 Å². The number of aromatic nitrogens is 1. The van der Waals surface area contributed by atoms with Crippen LogP contribution in [0.4, 0.5) is 5.88 Å². The zero-order valence-corrected chi connectivity index (χ0v) is 12.2. The van der Waals surface area contributed by atoms with E-state index in [-0.39, 0.29) is 0 Å². The van der Waals surface area contributed by atoms with Crippen molar-refractivity contribution >= 4 is 5.88 Å². The Hall–Kier alpha value is -1.77. The molecule has 0 bridgehead atoms. The van der Waals surface area contributed by atoms with Crippen molar-refractivity contribution in [3.8, 4) is 11.3 Å². The molecule has 0 aliphatic heterocycles. The Kier molecular flexibility index (Phi) is 3.28. The third-order valence-electron chi connectivity index (χ3n) is 4.41. The Morgan fingerprint density at radius 2 is 2.10 bits per heavy atom. The van der Waals surface area contributed by atoms with Gasteiger partial charge in [0, 0.05) is 11.6 Å². The molecule has 1 saturated carbocycles. The summed E-state index contributed by atoms with van der Waals surface area (Å²) in [6.45, 7) is 4.74. The van der Waals surface area contributed by atoms with Crippen molar-refractivity contribution in [2.24, 2.45) is 5.41 Å². The van der Waals surface area contributed by atoms with Crippen LogP contribution in [0.25, 0.3) is 11.3 Å². The van der Waals surface area contributed by atoms with E-state index in [0.29, 0.717) is 17.2 Å². The smallest absolute Gasteiger partial charge is 0.222 e. The molecule has 106 valence electrons. The van der Waals surface area contributed by atoms with E-state index in [9.17, 15) is 0 Å². The van der Waals surface area contributed by atoms with Gasteiger partial charge in [0.1, 0.15) is 5.69 Å². The highest BCUT2D eigenvalue weighted by Crippen LogP contribution is 2.45. The van der Waals surface area contributed by atoms with Gasteiger partial charge in [-0.05, 0) is 36.2 Å². The molecular formula is C17H22N2O. The van der Waals surface area contributed by atoms with E-state index in [0.717, 1.165) is 11.3 Å². The van der Waals surface area contributed by atoms with Crippen LogP contribution in [0.1, 0.15) is 51.0 Å². The average molecular weight is 270 g/mol. The molecule has 3 nitrogen and oxygen atoms in total. The van der Waals surface area contributed by atoms with Gasteiger partial charge in [-0.3, -0.25) is 0 Å². The van der Waals surface area contributed by atoms with E-state index in [2.05, 4.69) is 43.3 Å². The fourth-order valence-electron chi connectivity index (χ4n) is 3.47. The van der Waals surface area contributed by atoms with Crippen molar-refractivity contribution in [1.29, 1.82) is 0 Å². The minimum Gasteiger partial charge on any atom is -0.368 e. The van der Waals surface area contributed by atoms with Gasteiger partial charge in [0.25, 0.3) is 0 Å². The first kappa shape index (κ1) is 13.2. The van der Waals surface area contributed by atoms with Crippen LogP contribution in [0.5, 0.6) is 0 Å². The van der Waals surface area contributed by atoms with Crippen molar-refractivity contribution in [3.05, 3.63) is 35.9 Å². The molecule has 1 fully saturated rings. The maximum Gasteiger partial charge on any atom is 0.222 e. The normalized spacial score (nSPS) is 21.8. The summed E-state index contributed by atoms with van der Waals surface area (Å²) in [5.41, 5.74) is 9.48. The molecule has 0 amide bonds. The SMILES string of the molecule is CC1(C)CCCC(c2ccccc2-c2cc(N)on2)C1. The van der Waals surface area contributed by atoms with Crippen LogP contribution < -0.4 is 5.73 Å². The van der Waals surface area contributed by atoms with E-state index < -0.39 is 0 Å². The second-order valence-electron chi connectivity index (χ2n) is 6.66. The van der Waals surface area contributed by atoms with Crippen LogP contribution >= 0.6 is 0 Å². The number of hydrogen-bond acceptors (Lipinski definition) is 3. The molecule has 0 radical (unpaired) electrons. The van der Waals surface area contributed by atoms with Crippen LogP contribution in [-0.2, 0) is 0 Å². The van der Waals surface area contributed by atoms with Crippen molar-refractivity contribution in [3.63, 3.8) is 0 Å². The van der Waals surface area contributed by atoms with Gasteiger partial charge in [-0.25, -0.2) is 0 Å². The third-order valence-corrected chi connectivity index (χ3v) is 4.41. The Morgan fingerprint density at radius 3 is 2.80 bits per heavy atom. The maximum atomic E-state index is 5.66. The molecule has 1 unspecified atom stereocenters. The average Bonchev–Trinajstić information content (AvgIpc) is 2.84. The monoisotopic (exact) mass is 270 g/mol. The van der Waals surface area contributed by atoms with Crippen LogP contribution in [0.2, 0.25) is 0 Å². The first-order valence-electron chi connectivity index (χ1n) is 7.37. The lowest BCUT2D eigenvalue weighted by molar-refractivity contribution is 0.220. The van der Waals surface area contributed by atoms with Crippen LogP contribution in [-0.4, -0.2) is 5.16 Å². The summed E-state index contributed by atoms with van der Waals surface area (Å²) < 4.78 is 5.03. The highest BCUT2D eigenvalue weighted by Gasteiger charge is 2.30. The minimum absolute atomic E-state index is 0.374. The molecule has 2 N–H and O–H groups in total. The maximum absolute atomic E-state index is 5.66. The van der Waals surface area contributed by atoms with Crippen molar-refractivity contribution in [1.82, 2.24) is 5.16 Å². The van der Waals surface area contributed by atoms with Crippen LogP contribution in [0.3, 0.4) is 0 Å². The van der Waals surface area contributed by atoms with Gasteiger partial charge in [-0.15, -0.1) is 0 Å². The van der Waals surface area contributed by atoms with Gasteiger partial charge in [0.2, 0.25) is 5.88 Å². The molecule has 0 spiro atoms. The number of nitrogens with zero attached hydrogens (tertiary/aromatic N) is 1. The Balaban J connectivity index is 1.98. The third kappa shape index (κ3) is 2.58. The van der Waals surface area contributed by atoms with Gasteiger partial charge in [-0.1, -0.05) is 49.7 Å². The molecule has 2 aromatic rings. The summed E-state index contributed by atoms with van der Waals surface area (Å²) in [7, 11) is 0. The van der Waals surface area contributed by atoms with E-state index in [1.807, 2.05) is 6.07 Å². The molecule has 0 saturated heterocycles. The van der Waals surface area contributed by atoms with Gasteiger partial charge >= 0.3 is 0 Å². The molecule has 1 atom stereocenters. The van der Waals surface area contributed by atoms with Crippen LogP contribution in [0, 0.1) is 5.41 Å². The topological polar surface area (TPSA) is 52.0 Å². The molecular weight excluding hydrogens is 248 g/mol. The molecule has 20 heavy (non-hydrogen) atoms. The molecule has 1 heterocycles. The van der Waals surface area contributed by atoms with Gasteiger partial charge in [-0.2, -0.15) is 0 Å². The Labute approximate surface area is 120 Å². The zero-order chi connectivity index (χ0) is 14.2. The van der Waals surface area contributed by atoms with Crippen molar-refractivity contribution in [2.45, 2.75) is 45.4 Å². The van der Waals surface area contributed by atoms with Gasteiger partial charge in [0.15, 0.2) is 0 Å². The lowest BCUT2D eigenvalue weighted by atomic mass is 9.69. The first-order chi connectivity index (χ1) is 9.55. The second-order valence-corrected chi connectivity index (χ2v) is 6.66. The van der Waals surface area contributed by atoms with Gasteiger partial charge in [0.05, 0.1) is 0 Å². The highest BCUT2D eigenvalue weighted by molar-refractivity contribution is 5.66. The van der Waals surface area contributed by atoms with Crippen molar-refractivity contribution < 1.29 is 4.52 Å². The fourth-order valence-corrected chi connectivity index (χ4v) is 3.47. The zero-order valence-electron chi connectivity index (χ0n) is 12.2. The largest absolute Gasteiger partial charge is 0.368 e. The summed E-state index contributed by atoms with van der Waals surface area (Å²) >= 11 is 0. The Morgan fingerprint density at radius 1 is 1.30 bits per heavy atom. The Bertz CT molecular complexity index is 601. The fraction of sp³-hybridized carbons (Fsp3) is 0.471. The van der Waals surface area contributed by atoms with E-state index in [1.165, 1.54) is 31.2 Å². The number of hydrogen-bond donors (Lipinski definition) is 1. The van der Waals surface area contributed by atoms with E-state index >= 15 is 0 Å². The van der Waals surface area contributed by atoms with Crippen LogP contribution in [0.15, 0.2) is 34.9 Å². The second kappa shape index (κ2) is 4.97. The number of benzene rings is 1. The highest BCUT2D eigenvalue weighted by atomic mass is 16.5. The summed E-state index contributed by atoms with van der Waals surface area (Å²) in [5.74, 6) is 0.978. The summed E-state index contributed by atoms with van der Waals surface area (Å²) in [4.78, 5) is 0. The molecule has 1 aromatic heterocycles. The minimum atomic E-state index is 0.374. The molecule has 3 heteroatoms. The molecule has 1 aromatic carbocycles. The summed E-state index contributed by atoms with van der Waals surface area (Å²) in [6.07, 6.45) is 5.11. The first-order valence-corrected chi connectivity index (χ1v) is 7.37. The molecule has 1 aliphatic carbocycles. The number of anilines is 1. The van der Waals surface area contributed by atoms with Crippen molar-refractivity contribution in [2.75, 3.05) is 5.73 Å². The van der Waals surface area contributed by atoms with Gasteiger partial charge < -0.3 is 10.3 Å². The standard InChI is InChI=1S/C17H22N2O/c1-17(2)9-5-6-12(11-17)13-7-3-4-8-14(13)15-10-16(18)20-19-15/h3-4,7-8,10,12H,5-6,9,11,18H2,1-2H3. The number of nitrogens with two attached hydrogens (primary N) is 1. The lowest BCUT2D eigenvalue weighted by Gasteiger charge is -2.36. The lowest BCUT2D eigenvalue weighted by Crippen LogP contribution is -2.21. The molecule has 3 rings (SSSR count). The quantitative estimate of drug-likeness (QED) is 0.867. The summed E-state index contributed by atoms with van der Waals surface area (Å²) in [5, 5.41) is 4.08. The van der Waals surface area contributed by atoms with E-state index in [4.69, 9.17) is 10.3 Å². The summed E-state index contributed by atoms with van der Waals surface area (Å²) in [6, 6.07) is 10.3.